The highest BCUT2D eigenvalue weighted by Gasteiger charge is 2.07. The van der Waals surface area contributed by atoms with Crippen molar-refractivity contribution in [1.29, 1.82) is 0 Å². The molecule has 2 aromatic carbocycles. The molecule has 1 heterocycles. The van der Waals surface area contributed by atoms with E-state index in [-0.39, 0.29) is 0 Å². The van der Waals surface area contributed by atoms with Gasteiger partial charge in [0.05, 0.1) is 9.50 Å². The van der Waals surface area contributed by atoms with Crippen LogP contribution in [0, 0.1) is 0 Å². The molecule has 4 heteroatoms. The molecule has 3 rings (SSSR count). The minimum Gasteiger partial charge on any atom is -0.488 e. The van der Waals surface area contributed by atoms with Crippen molar-refractivity contribution >= 4 is 38.3 Å². The first kappa shape index (κ1) is 13.4. The number of fused-ring (bicyclic) bond motifs is 1. The molecule has 0 aliphatic heterocycles. The fraction of sp³-hybridized carbons (Fsp3) is 0.0625. The highest BCUT2D eigenvalue weighted by atomic mass is 79.9. The number of ether oxygens (including phenoxy) is 1. The van der Waals surface area contributed by atoms with Gasteiger partial charge in [0.2, 0.25) is 0 Å². The third kappa shape index (κ3) is 2.65. The number of aromatic nitrogens is 1. The molecular weight excluding hydrogens is 338 g/mol. The molecule has 0 radical (unpaired) electrons. The molecule has 100 valence electrons. The summed E-state index contributed by atoms with van der Waals surface area (Å²) in [5, 5.41) is 2.92. The molecule has 0 spiro atoms. The zero-order chi connectivity index (χ0) is 13.9. The fourth-order valence-corrected chi connectivity index (χ4v) is 2.78. The standard InChI is InChI=1S/C16H11BrClNO/c17-16-13-4-2-1-3-11(13)5-6-15(16)20-10-12-7-8-19-9-14(12)18/h1-9H,10H2. The van der Waals surface area contributed by atoms with Crippen molar-refractivity contribution in [2.24, 2.45) is 0 Å². The molecule has 0 N–H and O–H groups in total. The second-order valence-electron chi connectivity index (χ2n) is 4.35. The van der Waals surface area contributed by atoms with Crippen LogP contribution in [0.3, 0.4) is 0 Å². The van der Waals surface area contributed by atoms with Crippen LogP contribution in [0.25, 0.3) is 10.8 Å². The third-order valence-electron chi connectivity index (χ3n) is 3.07. The van der Waals surface area contributed by atoms with E-state index in [1.165, 1.54) is 5.39 Å². The summed E-state index contributed by atoms with van der Waals surface area (Å²) in [5.41, 5.74) is 0.918. The summed E-state index contributed by atoms with van der Waals surface area (Å²) in [6.07, 6.45) is 3.33. The Morgan fingerprint density at radius 2 is 1.95 bits per heavy atom. The molecule has 0 saturated heterocycles. The van der Waals surface area contributed by atoms with Crippen LogP contribution in [0.5, 0.6) is 5.75 Å². The summed E-state index contributed by atoms with van der Waals surface area (Å²) in [6.45, 7) is 0.415. The second kappa shape index (κ2) is 5.81. The molecular formula is C16H11BrClNO. The molecule has 0 aliphatic rings. The Labute approximate surface area is 130 Å². The van der Waals surface area contributed by atoms with Gasteiger partial charge in [-0.25, -0.2) is 0 Å². The van der Waals surface area contributed by atoms with Crippen LogP contribution in [0.1, 0.15) is 5.56 Å². The van der Waals surface area contributed by atoms with E-state index in [1.54, 1.807) is 12.4 Å². The Hall–Kier alpha value is -1.58. The van der Waals surface area contributed by atoms with Crippen molar-refractivity contribution in [3.05, 3.63) is 69.9 Å². The maximum atomic E-state index is 6.07. The first-order chi connectivity index (χ1) is 9.75. The topological polar surface area (TPSA) is 22.1 Å². The van der Waals surface area contributed by atoms with Gasteiger partial charge in [-0.1, -0.05) is 41.9 Å². The lowest BCUT2D eigenvalue weighted by Gasteiger charge is -2.11. The monoisotopic (exact) mass is 347 g/mol. The molecule has 2 nitrogen and oxygen atoms in total. The largest absolute Gasteiger partial charge is 0.488 e. The highest BCUT2D eigenvalue weighted by Crippen LogP contribution is 2.33. The average molecular weight is 349 g/mol. The van der Waals surface area contributed by atoms with Crippen molar-refractivity contribution in [2.75, 3.05) is 0 Å². The summed E-state index contributed by atoms with van der Waals surface area (Å²) in [5.74, 6) is 0.802. The van der Waals surface area contributed by atoms with Crippen LogP contribution in [-0.4, -0.2) is 4.98 Å². The van der Waals surface area contributed by atoms with Gasteiger partial charge in [-0.05, 0) is 38.8 Å². The maximum absolute atomic E-state index is 6.07. The van der Waals surface area contributed by atoms with E-state index in [0.29, 0.717) is 11.6 Å². The van der Waals surface area contributed by atoms with Gasteiger partial charge in [-0.2, -0.15) is 0 Å². The zero-order valence-electron chi connectivity index (χ0n) is 10.5. The Bertz CT molecular complexity index is 760. The molecule has 0 bridgehead atoms. The molecule has 0 fully saturated rings. The van der Waals surface area contributed by atoms with Crippen LogP contribution in [0.4, 0.5) is 0 Å². The Morgan fingerprint density at radius 3 is 2.80 bits per heavy atom. The molecule has 0 atom stereocenters. The molecule has 0 saturated carbocycles. The number of rotatable bonds is 3. The van der Waals surface area contributed by atoms with Gasteiger partial charge >= 0.3 is 0 Å². The quantitative estimate of drug-likeness (QED) is 0.646. The van der Waals surface area contributed by atoms with Crippen molar-refractivity contribution in [3.8, 4) is 5.75 Å². The minimum atomic E-state index is 0.415. The van der Waals surface area contributed by atoms with E-state index in [2.05, 4.69) is 33.0 Å². The molecule has 0 aliphatic carbocycles. The highest BCUT2D eigenvalue weighted by molar-refractivity contribution is 9.10. The van der Waals surface area contributed by atoms with Gasteiger partial charge in [0, 0.05) is 18.0 Å². The van der Waals surface area contributed by atoms with Crippen LogP contribution in [0.2, 0.25) is 5.02 Å². The summed E-state index contributed by atoms with van der Waals surface area (Å²) in [7, 11) is 0. The summed E-state index contributed by atoms with van der Waals surface area (Å²) in [4.78, 5) is 3.96. The van der Waals surface area contributed by atoms with Gasteiger partial charge in [0.25, 0.3) is 0 Å². The number of halogens is 2. The number of hydrogen-bond donors (Lipinski definition) is 0. The molecule has 1 aromatic heterocycles. The van der Waals surface area contributed by atoms with Crippen molar-refractivity contribution in [2.45, 2.75) is 6.61 Å². The van der Waals surface area contributed by atoms with Crippen LogP contribution < -0.4 is 4.74 Å². The van der Waals surface area contributed by atoms with E-state index in [1.807, 2.05) is 30.3 Å². The number of hydrogen-bond acceptors (Lipinski definition) is 2. The zero-order valence-corrected chi connectivity index (χ0v) is 12.9. The Kier molecular flexibility index (Phi) is 3.90. The predicted octanol–water partition coefficient (Wildman–Crippen LogP) is 5.23. The smallest absolute Gasteiger partial charge is 0.134 e. The Balaban J connectivity index is 1.88. The number of nitrogens with zero attached hydrogens (tertiary/aromatic N) is 1. The van der Waals surface area contributed by atoms with Gasteiger partial charge < -0.3 is 4.74 Å². The van der Waals surface area contributed by atoms with Gasteiger partial charge in [0.1, 0.15) is 12.4 Å². The van der Waals surface area contributed by atoms with Gasteiger partial charge in [-0.15, -0.1) is 0 Å². The van der Waals surface area contributed by atoms with E-state index < -0.39 is 0 Å². The molecule has 20 heavy (non-hydrogen) atoms. The number of pyridine rings is 1. The lowest BCUT2D eigenvalue weighted by Crippen LogP contribution is -1.97. The SMILES string of the molecule is Clc1cnccc1COc1ccc2ccccc2c1Br. The first-order valence-corrected chi connectivity index (χ1v) is 7.31. The third-order valence-corrected chi connectivity index (χ3v) is 4.23. The molecule has 0 unspecified atom stereocenters. The van der Waals surface area contributed by atoms with Crippen LogP contribution in [-0.2, 0) is 6.61 Å². The van der Waals surface area contributed by atoms with Crippen molar-refractivity contribution in [1.82, 2.24) is 4.98 Å². The molecule has 3 aromatic rings. The lowest BCUT2D eigenvalue weighted by atomic mass is 10.1. The van der Waals surface area contributed by atoms with Crippen LogP contribution >= 0.6 is 27.5 Å². The average Bonchev–Trinajstić information content (AvgIpc) is 2.48. The van der Waals surface area contributed by atoms with E-state index >= 15 is 0 Å². The second-order valence-corrected chi connectivity index (χ2v) is 5.55. The maximum Gasteiger partial charge on any atom is 0.134 e. The van der Waals surface area contributed by atoms with Crippen molar-refractivity contribution < 1.29 is 4.74 Å². The van der Waals surface area contributed by atoms with Crippen molar-refractivity contribution in [3.63, 3.8) is 0 Å². The van der Waals surface area contributed by atoms with Crippen LogP contribution in [0.15, 0.2) is 59.3 Å². The fourth-order valence-electron chi connectivity index (χ4n) is 2.00. The first-order valence-electron chi connectivity index (χ1n) is 6.14. The Morgan fingerprint density at radius 1 is 1.10 bits per heavy atom. The van der Waals surface area contributed by atoms with E-state index in [4.69, 9.17) is 16.3 Å². The van der Waals surface area contributed by atoms with Gasteiger partial charge in [0.15, 0.2) is 0 Å². The minimum absolute atomic E-state index is 0.415. The van der Waals surface area contributed by atoms with Gasteiger partial charge in [-0.3, -0.25) is 4.98 Å². The van der Waals surface area contributed by atoms with E-state index in [9.17, 15) is 0 Å². The lowest BCUT2D eigenvalue weighted by molar-refractivity contribution is 0.305. The summed E-state index contributed by atoms with van der Waals surface area (Å²) in [6, 6.07) is 14.0. The predicted molar refractivity (Wildman–Crippen MR) is 85.2 cm³/mol. The number of benzene rings is 2. The normalized spacial score (nSPS) is 10.7. The van der Waals surface area contributed by atoms with E-state index in [0.717, 1.165) is 21.2 Å². The summed E-state index contributed by atoms with van der Waals surface area (Å²) >= 11 is 9.67. The molecule has 0 amide bonds. The summed E-state index contributed by atoms with van der Waals surface area (Å²) < 4.78 is 6.81.